The zero-order valence-electron chi connectivity index (χ0n) is 24.5. The van der Waals surface area contributed by atoms with Crippen LogP contribution in [0.1, 0.15) is 0 Å². The van der Waals surface area contributed by atoms with Crippen LogP contribution in [0.3, 0.4) is 0 Å². The largest absolute Gasteiger partial charge is 0.292 e. The predicted molar refractivity (Wildman–Crippen MR) is 183 cm³/mol. The molecule has 0 aliphatic heterocycles. The Balaban J connectivity index is 1.18. The lowest BCUT2D eigenvalue weighted by atomic mass is 9.97. The summed E-state index contributed by atoms with van der Waals surface area (Å²) in [4.78, 5) is 18.6. The molecule has 0 atom stereocenters. The quantitative estimate of drug-likeness (QED) is 0.191. The number of benzene rings is 4. The normalized spacial score (nSPS) is 11.6. The average Bonchev–Trinajstić information content (AvgIpc) is 3.45. The molecule has 0 saturated carbocycles. The second-order valence-corrected chi connectivity index (χ2v) is 11.4. The van der Waals surface area contributed by atoms with E-state index < -0.39 is 0 Å². The fourth-order valence-electron chi connectivity index (χ4n) is 6.43. The van der Waals surface area contributed by atoms with E-state index in [0.29, 0.717) is 11.3 Å². The van der Waals surface area contributed by atoms with Gasteiger partial charge in [0.05, 0.1) is 34.1 Å². The van der Waals surface area contributed by atoms with E-state index in [1.165, 1.54) is 28.4 Å². The van der Waals surface area contributed by atoms with E-state index in [-0.39, 0.29) is 5.82 Å². The second-order valence-electron chi connectivity index (χ2n) is 11.4. The van der Waals surface area contributed by atoms with Gasteiger partial charge in [-0.3, -0.25) is 14.5 Å². The fraction of sp³-hybridized carbons (Fsp3) is 0. The van der Waals surface area contributed by atoms with E-state index in [0.717, 1.165) is 55.4 Å². The van der Waals surface area contributed by atoms with Crippen molar-refractivity contribution in [3.8, 4) is 39.5 Å². The summed E-state index contributed by atoms with van der Waals surface area (Å²) < 4.78 is 16.3. The highest BCUT2D eigenvalue weighted by Crippen LogP contribution is 2.35. The van der Waals surface area contributed by atoms with Crippen LogP contribution in [0.4, 0.5) is 4.39 Å². The Kier molecular flexibility index (Phi) is 5.93. The molecule has 4 aromatic carbocycles. The maximum Gasteiger partial charge on any atom is 0.143 e. The van der Waals surface area contributed by atoms with Gasteiger partial charge in [-0.1, -0.05) is 66.7 Å². The van der Waals surface area contributed by atoms with E-state index in [4.69, 9.17) is 9.97 Å². The van der Waals surface area contributed by atoms with Crippen LogP contribution in [0.25, 0.3) is 82.9 Å². The number of para-hydroxylation sites is 1. The molecule has 0 radical (unpaired) electrons. The Morgan fingerprint density at radius 1 is 0.500 bits per heavy atom. The van der Waals surface area contributed by atoms with Crippen LogP contribution in [-0.4, -0.2) is 24.5 Å². The lowest BCUT2D eigenvalue weighted by molar-refractivity contribution is 0.624. The summed E-state index contributed by atoms with van der Waals surface area (Å²) in [5.74, 6) is 0.302. The third-order valence-corrected chi connectivity index (χ3v) is 8.63. The first-order valence-electron chi connectivity index (χ1n) is 15.1. The molecule has 5 nitrogen and oxygen atoms in total. The number of fused-ring (bicyclic) bond motifs is 6. The van der Waals surface area contributed by atoms with Gasteiger partial charge in [-0.15, -0.1) is 0 Å². The Hall–Kier alpha value is -6.27. The van der Waals surface area contributed by atoms with Gasteiger partial charge in [-0.25, -0.2) is 14.4 Å². The summed E-state index contributed by atoms with van der Waals surface area (Å²) in [6.07, 6.45) is 6.69. The van der Waals surface area contributed by atoms with Gasteiger partial charge in [-0.2, -0.15) is 0 Å². The lowest BCUT2D eigenvalue weighted by Crippen LogP contribution is -1.98. The van der Waals surface area contributed by atoms with Crippen LogP contribution in [0, 0.1) is 5.82 Å². The monoisotopic (exact) mass is 593 g/mol. The minimum Gasteiger partial charge on any atom is -0.292 e. The summed E-state index contributed by atoms with van der Waals surface area (Å²) in [7, 11) is 0. The van der Waals surface area contributed by atoms with Gasteiger partial charge >= 0.3 is 0 Å². The van der Waals surface area contributed by atoms with Crippen molar-refractivity contribution >= 4 is 43.5 Å². The Morgan fingerprint density at radius 2 is 1.24 bits per heavy atom. The molecule has 0 N–H and O–H groups in total. The molecule has 5 aromatic heterocycles. The molecule has 0 unspecified atom stereocenters. The van der Waals surface area contributed by atoms with Gasteiger partial charge in [0.15, 0.2) is 0 Å². The second kappa shape index (κ2) is 10.4. The Bertz CT molecular complexity index is 2590. The molecule has 5 heterocycles. The van der Waals surface area contributed by atoms with E-state index >= 15 is 0 Å². The minimum absolute atomic E-state index is 0.386. The highest BCUT2D eigenvalue weighted by molar-refractivity contribution is 6.08. The van der Waals surface area contributed by atoms with E-state index in [2.05, 4.69) is 82.8 Å². The van der Waals surface area contributed by atoms with Gasteiger partial charge in [0.25, 0.3) is 0 Å². The van der Waals surface area contributed by atoms with Crippen LogP contribution in [0.2, 0.25) is 0 Å². The van der Waals surface area contributed by atoms with Crippen molar-refractivity contribution in [3.63, 3.8) is 0 Å². The van der Waals surface area contributed by atoms with Crippen molar-refractivity contribution in [3.05, 3.63) is 152 Å². The first-order valence-corrected chi connectivity index (χ1v) is 15.1. The van der Waals surface area contributed by atoms with E-state index in [1.54, 1.807) is 12.4 Å². The maximum atomic E-state index is 14.4. The summed E-state index contributed by atoms with van der Waals surface area (Å²) in [5, 5.41) is 5.79. The number of aromatic nitrogens is 5. The van der Waals surface area contributed by atoms with Crippen molar-refractivity contribution in [2.45, 2.75) is 0 Å². The van der Waals surface area contributed by atoms with E-state index in [1.807, 2.05) is 53.2 Å². The molecule has 216 valence electrons. The number of pyridine rings is 4. The maximum absolute atomic E-state index is 14.4. The molecule has 9 aromatic rings. The zero-order valence-corrected chi connectivity index (χ0v) is 24.5. The Labute approximate surface area is 263 Å². The van der Waals surface area contributed by atoms with Crippen LogP contribution < -0.4 is 0 Å². The van der Waals surface area contributed by atoms with Crippen molar-refractivity contribution < 1.29 is 4.39 Å². The molecular formula is C40H24FN5. The lowest BCUT2D eigenvalue weighted by Gasteiger charge is -2.12. The number of halogens is 1. The highest BCUT2D eigenvalue weighted by Gasteiger charge is 2.16. The summed E-state index contributed by atoms with van der Waals surface area (Å²) in [5.41, 5.74) is 8.01. The van der Waals surface area contributed by atoms with Gasteiger partial charge < -0.3 is 0 Å². The standard InChI is InChI=1S/C40H24FN5/c41-31-22-38-40(44-24-31)34-7-3-4-8-37(34)46(38)39-14-12-29(23-43-39)30-20-35(26-15-17-42-18-16-26)45-36(21-30)28-11-13-33-27(19-28)10-9-25-5-1-2-6-32(25)33/h1-24H. The van der Waals surface area contributed by atoms with Crippen molar-refractivity contribution in [1.29, 1.82) is 0 Å². The highest BCUT2D eigenvalue weighted by atomic mass is 19.1. The summed E-state index contributed by atoms with van der Waals surface area (Å²) in [6, 6.07) is 41.0. The topological polar surface area (TPSA) is 56.5 Å². The van der Waals surface area contributed by atoms with Crippen LogP contribution >= 0.6 is 0 Å². The molecule has 0 aliphatic rings. The molecule has 0 saturated heterocycles. The molecular weight excluding hydrogens is 569 g/mol. The van der Waals surface area contributed by atoms with Crippen molar-refractivity contribution in [2.24, 2.45) is 0 Å². The molecule has 0 amide bonds. The number of rotatable bonds is 4. The minimum atomic E-state index is -0.386. The SMILES string of the molecule is Fc1cnc2c3ccccc3n(-c3ccc(-c4cc(-c5ccncc5)nc(-c5ccc6c(ccc7ccccc76)c5)c4)cn3)c2c1. The fourth-order valence-corrected chi connectivity index (χ4v) is 6.43. The molecule has 9 rings (SSSR count). The van der Waals surface area contributed by atoms with Gasteiger partial charge in [0.1, 0.15) is 11.6 Å². The zero-order chi connectivity index (χ0) is 30.6. The number of nitrogens with zero attached hydrogens (tertiary/aromatic N) is 5. The number of hydrogen-bond donors (Lipinski definition) is 0. The molecule has 6 heteroatoms. The van der Waals surface area contributed by atoms with Crippen LogP contribution in [-0.2, 0) is 0 Å². The van der Waals surface area contributed by atoms with Crippen molar-refractivity contribution in [2.75, 3.05) is 0 Å². The first kappa shape index (κ1) is 26.2. The Morgan fingerprint density at radius 3 is 2.09 bits per heavy atom. The average molecular weight is 594 g/mol. The third-order valence-electron chi connectivity index (χ3n) is 8.63. The molecule has 0 aliphatic carbocycles. The summed E-state index contributed by atoms with van der Waals surface area (Å²) in [6.45, 7) is 0. The molecule has 0 fully saturated rings. The van der Waals surface area contributed by atoms with Gasteiger partial charge in [0.2, 0.25) is 0 Å². The molecule has 0 spiro atoms. The summed E-state index contributed by atoms with van der Waals surface area (Å²) >= 11 is 0. The van der Waals surface area contributed by atoms with Crippen molar-refractivity contribution in [1.82, 2.24) is 24.5 Å². The predicted octanol–water partition coefficient (Wildman–Crippen LogP) is 9.81. The van der Waals surface area contributed by atoms with Crippen LogP contribution in [0.15, 0.2) is 146 Å². The van der Waals surface area contributed by atoms with Gasteiger partial charge in [0, 0.05) is 46.7 Å². The van der Waals surface area contributed by atoms with Crippen LogP contribution in [0.5, 0.6) is 0 Å². The van der Waals surface area contributed by atoms with E-state index in [9.17, 15) is 4.39 Å². The molecule has 46 heavy (non-hydrogen) atoms. The first-order chi connectivity index (χ1) is 22.7. The third kappa shape index (κ3) is 4.31. The molecule has 0 bridgehead atoms. The number of hydrogen-bond acceptors (Lipinski definition) is 4. The smallest absolute Gasteiger partial charge is 0.143 e. The van der Waals surface area contributed by atoms with Gasteiger partial charge in [-0.05, 0) is 75.6 Å².